The number of anilines is 2. The van der Waals surface area contributed by atoms with Crippen LogP contribution in [-0.4, -0.2) is 58.2 Å². The third kappa shape index (κ3) is 6.04. The van der Waals surface area contributed by atoms with E-state index in [9.17, 15) is 9.18 Å². The second-order valence-corrected chi connectivity index (χ2v) is 12.2. The predicted molar refractivity (Wildman–Crippen MR) is 180 cm³/mol. The van der Waals surface area contributed by atoms with Crippen LogP contribution in [-0.2, 0) is 4.79 Å². The van der Waals surface area contributed by atoms with Gasteiger partial charge in [-0.05, 0) is 92.2 Å². The van der Waals surface area contributed by atoms with Crippen LogP contribution in [0.2, 0.25) is 0 Å². The number of aromatic amines is 2. The van der Waals surface area contributed by atoms with Crippen LogP contribution in [0.5, 0.6) is 0 Å². The molecule has 0 aliphatic heterocycles. The van der Waals surface area contributed by atoms with Crippen LogP contribution in [0.25, 0.3) is 55.4 Å². The number of amides is 1. The summed E-state index contributed by atoms with van der Waals surface area (Å²) in [5, 5.41) is 16.2. The van der Waals surface area contributed by atoms with E-state index in [1.54, 1.807) is 12.3 Å². The van der Waals surface area contributed by atoms with Crippen molar-refractivity contribution in [1.82, 2.24) is 25.1 Å². The van der Waals surface area contributed by atoms with Gasteiger partial charge in [-0.1, -0.05) is 31.0 Å². The van der Waals surface area contributed by atoms with E-state index in [0.29, 0.717) is 5.69 Å². The molecule has 1 aliphatic carbocycles. The van der Waals surface area contributed by atoms with Crippen LogP contribution in [0.4, 0.5) is 15.8 Å². The Hall–Kier alpha value is -5.02. The van der Waals surface area contributed by atoms with Crippen molar-refractivity contribution >= 4 is 39.1 Å². The molecule has 7 rings (SSSR count). The number of nitrogens with zero attached hydrogens (tertiary/aromatic N) is 3. The van der Waals surface area contributed by atoms with Crippen molar-refractivity contribution < 1.29 is 9.18 Å². The van der Waals surface area contributed by atoms with Crippen molar-refractivity contribution in [3.63, 3.8) is 0 Å². The molecule has 1 saturated carbocycles. The van der Waals surface area contributed by atoms with E-state index in [0.717, 1.165) is 99.9 Å². The molecule has 0 saturated heterocycles. The Morgan fingerprint density at radius 1 is 0.911 bits per heavy atom. The van der Waals surface area contributed by atoms with Crippen LogP contribution in [0.3, 0.4) is 0 Å². The molecule has 3 aromatic carbocycles. The molecule has 4 N–H and O–H groups in total. The molecule has 3 heterocycles. The molecule has 9 heteroatoms. The van der Waals surface area contributed by atoms with E-state index in [2.05, 4.69) is 47.8 Å². The molecule has 0 unspecified atom stereocenters. The molecular weight excluding hydrogens is 565 g/mol. The predicted octanol–water partition coefficient (Wildman–Crippen LogP) is 7.68. The van der Waals surface area contributed by atoms with E-state index >= 15 is 0 Å². The molecule has 1 aliphatic rings. The summed E-state index contributed by atoms with van der Waals surface area (Å²) in [6, 6.07) is 21.3. The first kappa shape index (κ1) is 28.7. The van der Waals surface area contributed by atoms with Crippen molar-refractivity contribution in [3.8, 4) is 33.6 Å². The van der Waals surface area contributed by atoms with Crippen LogP contribution in [0.1, 0.15) is 25.7 Å². The van der Waals surface area contributed by atoms with Gasteiger partial charge in [0, 0.05) is 52.7 Å². The number of hydrogen-bond donors (Lipinski definition) is 4. The zero-order chi connectivity index (χ0) is 30.9. The summed E-state index contributed by atoms with van der Waals surface area (Å²) in [5.41, 5.74) is 8.58. The number of aromatic nitrogens is 4. The van der Waals surface area contributed by atoms with Gasteiger partial charge >= 0.3 is 0 Å². The molecule has 0 atom stereocenters. The van der Waals surface area contributed by atoms with Crippen LogP contribution < -0.4 is 10.6 Å². The number of hydrogen-bond acceptors (Lipinski definition) is 5. The first-order chi connectivity index (χ1) is 21.9. The molecule has 6 aromatic rings. The standard InChI is InChI=1S/C36H36FN7O/c1-44(2)13-12-39-27-15-24(14-26(37)18-27)29-8-5-9-32-30(29)19-34(41-32)35-31-17-23(10-11-33(31)42-43-35)25-16-28(21-38-20-25)40-36(45)22-6-3-4-7-22/h5,8-11,14-22,39,41H,3-4,6-7,12-13H2,1-2H3,(H,40,45)(H,42,43). The Kier molecular flexibility index (Phi) is 7.77. The fraction of sp³-hybridized carbons (Fsp3) is 0.250. The number of rotatable bonds is 9. The lowest BCUT2D eigenvalue weighted by Crippen LogP contribution is -2.20. The minimum atomic E-state index is -0.282. The summed E-state index contributed by atoms with van der Waals surface area (Å²) in [5.74, 6) is -0.120. The number of nitrogens with one attached hydrogen (secondary N) is 4. The topological polar surface area (TPSA) is 102 Å². The Balaban J connectivity index is 1.20. The maximum atomic E-state index is 14.7. The average Bonchev–Trinajstić information content (AvgIpc) is 3.80. The molecular formula is C36H36FN7O. The summed E-state index contributed by atoms with van der Waals surface area (Å²) in [7, 11) is 4.03. The van der Waals surface area contributed by atoms with Gasteiger partial charge in [0.2, 0.25) is 5.91 Å². The van der Waals surface area contributed by atoms with Crippen molar-refractivity contribution in [1.29, 1.82) is 0 Å². The first-order valence-corrected chi connectivity index (χ1v) is 15.5. The highest BCUT2D eigenvalue weighted by molar-refractivity contribution is 6.02. The van der Waals surface area contributed by atoms with Gasteiger partial charge in [-0.15, -0.1) is 0 Å². The van der Waals surface area contributed by atoms with E-state index in [4.69, 9.17) is 0 Å². The van der Waals surface area contributed by atoms with Crippen LogP contribution in [0, 0.1) is 11.7 Å². The second kappa shape index (κ2) is 12.2. The summed E-state index contributed by atoms with van der Waals surface area (Å²) in [4.78, 5) is 22.7. The molecule has 0 radical (unpaired) electrons. The minimum Gasteiger partial charge on any atom is -0.384 e. The smallest absolute Gasteiger partial charge is 0.227 e. The van der Waals surface area contributed by atoms with Gasteiger partial charge in [-0.2, -0.15) is 5.10 Å². The Bertz CT molecular complexity index is 2000. The Labute approximate surface area is 261 Å². The fourth-order valence-electron chi connectivity index (χ4n) is 6.30. The quantitative estimate of drug-likeness (QED) is 0.136. The number of carbonyl (C=O) groups excluding carboxylic acids is 1. The van der Waals surface area contributed by atoms with Gasteiger partial charge in [0.15, 0.2) is 0 Å². The molecule has 1 fully saturated rings. The monoisotopic (exact) mass is 601 g/mol. The van der Waals surface area contributed by atoms with Crippen molar-refractivity contribution in [2.24, 2.45) is 5.92 Å². The lowest BCUT2D eigenvalue weighted by Gasteiger charge is -2.13. The number of H-pyrrole nitrogens is 2. The van der Waals surface area contributed by atoms with Crippen LogP contribution in [0.15, 0.2) is 79.1 Å². The number of fused-ring (bicyclic) bond motifs is 2. The molecule has 228 valence electrons. The van der Waals surface area contributed by atoms with Gasteiger partial charge in [-0.3, -0.25) is 14.9 Å². The van der Waals surface area contributed by atoms with Crippen molar-refractivity contribution in [3.05, 3.63) is 84.9 Å². The highest BCUT2D eigenvalue weighted by atomic mass is 19.1. The Morgan fingerprint density at radius 3 is 2.60 bits per heavy atom. The zero-order valence-corrected chi connectivity index (χ0v) is 25.5. The lowest BCUT2D eigenvalue weighted by molar-refractivity contribution is -0.119. The first-order valence-electron chi connectivity index (χ1n) is 15.5. The van der Waals surface area contributed by atoms with Gasteiger partial charge in [0.1, 0.15) is 11.5 Å². The summed E-state index contributed by atoms with van der Waals surface area (Å²) < 4.78 is 14.7. The lowest BCUT2D eigenvalue weighted by atomic mass is 10.0. The summed E-state index contributed by atoms with van der Waals surface area (Å²) >= 11 is 0. The maximum Gasteiger partial charge on any atom is 0.227 e. The zero-order valence-electron chi connectivity index (χ0n) is 25.5. The fourth-order valence-corrected chi connectivity index (χ4v) is 6.30. The molecule has 1 amide bonds. The number of benzene rings is 3. The Morgan fingerprint density at radius 2 is 1.76 bits per heavy atom. The average molecular weight is 602 g/mol. The molecule has 3 aromatic heterocycles. The normalized spacial score (nSPS) is 13.7. The van der Waals surface area contributed by atoms with E-state index in [1.807, 2.05) is 62.8 Å². The largest absolute Gasteiger partial charge is 0.384 e. The minimum absolute atomic E-state index is 0.0762. The molecule has 0 spiro atoms. The van der Waals surface area contributed by atoms with Gasteiger partial charge in [0.25, 0.3) is 0 Å². The number of halogens is 1. The highest BCUT2D eigenvalue weighted by Crippen LogP contribution is 2.36. The number of likely N-dealkylation sites (N-methyl/N-ethyl adjacent to an activating group) is 1. The van der Waals surface area contributed by atoms with Crippen molar-refractivity contribution in [2.45, 2.75) is 25.7 Å². The maximum absolute atomic E-state index is 14.7. The number of carbonyl (C=O) groups is 1. The van der Waals surface area contributed by atoms with Crippen molar-refractivity contribution in [2.75, 3.05) is 37.8 Å². The second-order valence-electron chi connectivity index (χ2n) is 12.2. The number of pyridine rings is 1. The van der Waals surface area contributed by atoms with E-state index < -0.39 is 0 Å². The summed E-state index contributed by atoms with van der Waals surface area (Å²) in [6.45, 7) is 1.57. The van der Waals surface area contributed by atoms with Crippen LogP contribution >= 0.6 is 0 Å². The highest BCUT2D eigenvalue weighted by Gasteiger charge is 2.23. The molecule has 8 nitrogen and oxygen atoms in total. The van der Waals surface area contributed by atoms with Gasteiger partial charge in [0.05, 0.1) is 23.1 Å². The van der Waals surface area contributed by atoms with E-state index in [-0.39, 0.29) is 17.6 Å². The SMILES string of the molecule is CN(C)CCNc1cc(F)cc(-c2cccc3[nH]c(-c4n[nH]c5ccc(-c6cncc(NC(=O)C7CCCC7)c6)cc45)cc23)c1. The van der Waals surface area contributed by atoms with Gasteiger partial charge in [-0.25, -0.2) is 4.39 Å². The molecule has 0 bridgehead atoms. The van der Waals surface area contributed by atoms with Gasteiger partial charge < -0.3 is 20.5 Å². The van der Waals surface area contributed by atoms with E-state index in [1.165, 1.54) is 6.07 Å². The summed E-state index contributed by atoms with van der Waals surface area (Å²) in [6.07, 6.45) is 7.63. The third-order valence-electron chi connectivity index (χ3n) is 8.64. The third-order valence-corrected chi connectivity index (χ3v) is 8.64. The molecule has 45 heavy (non-hydrogen) atoms.